The van der Waals surface area contributed by atoms with E-state index < -0.39 is 29.1 Å². The van der Waals surface area contributed by atoms with Crippen LogP contribution >= 0.6 is 0 Å². The summed E-state index contributed by atoms with van der Waals surface area (Å²) in [4.78, 5) is 37.2. The third-order valence-electron chi connectivity index (χ3n) is 10.2. The van der Waals surface area contributed by atoms with Crippen molar-refractivity contribution in [1.29, 1.82) is 0 Å². The molecule has 2 aromatic rings. The van der Waals surface area contributed by atoms with Crippen LogP contribution in [0.5, 0.6) is 0 Å². The van der Waals surface area contributed by atoms with Gasteiger partial charge in [-0.15, -0.1) is 5.37 Å². The first-order valence-corrected chi connectivity index (χ1v) is 17.5. The third-order valence-corrected chi connectivity index (χ3v) is 10.2. The van der Waals surface area contributed by atoms with Gasteiger partial charge >= 0.3 is 5.97 Å². The average molecular weight is 720 g/mol. The molecule has 1 aromatic carbocycles. The molecular formula is C31H42B6N8O8. The number of hydrogen-bond acceptors (Lipinski definition) is 14. The van der Waals surface area contributed by atoms with E-state index in [0.29, 0.717) is 40.5 Å². The van der Waals surface area contributed by atoms with Gasteiger partial charge in [-0.1, -0.05) is 12.1 Å². The molecule has 0 spiro atoms. The lowest BCUT2D eigenvalue weighted by molar-refractivity contribution is -0.510. The number of benzene rings is 1. The second-order valence-electron chi connectivity index (χ2n) is 14.8. The molecule has 0 radical (unpaired) electrons. The van der Waals surface area contributed by atoms with Gasteiger partial charge in [-0.2, -0.15) is 0 Å². The van der Waals surface area contributed by atoms with Crippen molar-refractivity contribution in [3.8, 4) is 0 Å². The fourth-order valence-electron chi connectivity index (χ4n) is 6.75. The highest BCUT2D eigenvalue weighted by Gasteiger charge is 2.69. The van der Waals surface area contributed by atoms with Gasteiger partial charge in [0.1, 0.15) is 56.9 Å². The predicted molar refractivity (Wildman–Crippen MR) is 212 cm³/mol. The number of ether oxygens (including phenoxy) is 1. The number of pyridine rings is 1. The van der Waals surface area contributed by atoms with Crippen molar-refractivity contribution in [3.63, 3.8) is 0 Å². The number of anilines is 1. The molecule has 22 heteroatoms. The molecule has 0 saturated carbocycles. The second kappa shape index (κ2) is 14.2. The Morgan fingerprint density at radius 1 is 1.04 bits per heavy atom. The van der Waals surface area contributed by atoms with Crippen LogP contribution in [-0.4, -0.2) is 154 Å². The monoisotopic (exact) mass is 720 g/mol. The van der Waals surface area contributed by atoms with E-state index in [1.54, 1.807) is 42.6 Å². The molecule has 3 atom stereocenters. The number of amides is 2. The Morgan fingerprint density at radius 2 is 1.75 bits per heavy atom. The molecule has 53 heavy (non-hydrogen) atoms. The minimum absolute atomic E-state index is 0.0348. The number of aliphatic hydroxyl groups is 5. The van der Waals surface area contributed by atoms with Gasteiger partial charge in [0.25, 0.3) is 11.8 Å². The number of likely N-dealkylation sites (tertiary alicyclic amines) is 1. The molecule has 4 aliphatic rings. The molecule has 9 N–H and O–H groups in total. The Labute approximate surface area is 312 Å². The summed E-state index contributed by atoms with van der Waals surface area (Å²) in [5, 5.41) is 66.1. The van der Waals surface area contributed by atoms with E-state index in [1.807, 2.05) is 29.6 Å². The fourth-order valence-corrected chi connectivity index (χ4v) is 6.75. The van der Waals surface area contributed by atoms with Gasteiger partial charge in [-0.3, -0.25) is 24.4 Å². The van der Waals surface area contributed by atoms with Crippen LogP contribution in [0, 0.1) is 0 Å². The molecule has 1 aromatic heterocycles. The summed E-state index contributed by atoms with van der Waals surface area (Å²) in [6.07, 6.45) is 5.83. The Hall–Kier alpha value is -4.29. The van der Waals surface area contributed by atoms with Crippen LogP contribution in [0.4, 0.5) is 5.69 Å². The normalized spacial score (nSPS) is 25.7. The summed E-state index contributed by atoms with van der Waals surface area (Å²) in [6.45, 7) is 2.22. The third kappa shape index (κ3) is 7.45. The van der Waals surface area contributed by atoms with Crippen LogP contribution in [-0.2, 0) is 16.1 Å². The number of rotatable bonds is 8. The number of aromatic nitrogens is 1. The maximum atomic E-state index is 13.2. The molecule has 16 nitrogen and oxygen atoms in total. The van der Waals surface area contributed by atoms with E-state index in [-0.39, 0.29) is 29.4 Å². The zero-order chi connectivity index (χ0) is 38.5. The van der Waals surface area contributed by atoms with Crippen LogP contribution in [0.3, 0.4) is 0 Å². The molecule has 0 bridgehead atoms. The highest BCUT2D eigenvalue weighted by molar-refractivity contribution is 6.55. The van der Waals surface area contributed by atoms with Crippen LogP contribution in [0.25, 0.3) is 5.70 Å². The summed E-state index contributed by atoms with van der Waals surface area (Å²) in [5.41, 5.74) is 1.41. The first kappa shape index (κ1) is 38.4. The van der Waals surface area contributed by atoms with Gasteiger partial charge < -0.3 is 51.5 Å². The van der Waals surface area contributed by atoms with Gasteiger partial charge in [0.2, 0.25) is 5.91 Å². The summed E-state index contributed by atoms with van der Waals surface area (Å²) in [6, 6.07) is 10.7. The lowest BCUT2D eigenvalue weighted by Crippen LogP contribution is -2.84. The zero-order valence-electron chi connectivity index (χ0n) is 30.6. The van der Waals surface area contributed by atoms with Crippen molar-refractivity contribution in [2.45, 2.75) is 54.5 Å². The van der Waals surface area contributed by atoms with Crippen LogP contribution in [0.2, 0.25) is 0 Å². The molecule has 2 saturated heterocycles. The lowest BCUT2D eigenvalue weighted by Gasteiger charge is -2.61. The van der Waals surface area contributed by atoms with Crippen molar-refractivity contribution in [1.82, 2.24) is 30.7 Å². The molecule has 4 aliphatic heterocycles. The van der Waals surface area contributed by atoms with E-state index in [1.165, 1.54) is 22.0 Å². The average Bonchev–Trinajstić information content (AvgIpc) is 3.53. The quantitative estimate of drug-likeness (QED) is 0.0704. The summed E-state index contributed by atoms with van der Waals surface area (Å²) in [7, 11) is 9.12. The van der Waals surface area contributed by atoms with Crippen LogP contribution < -0.4 is 21.3 Å². The van der Waals surface area contributed by atoms with E-state index in [9.17, 15) is 35.1 Å². The standard InChI is InChI=1S/C31H42B6N8O8/c32-22(23(33)34)27(47)42-18-2-1-9-44(13-18)12-15-7-8-38-21(10-15)26(46)41-17-5-3-16(4-6-17)20-11-19-24(43-20)39-14-40-25(19)45-29(37,48)31(51,52)53-28(35,36)30(45,49)50/h3-8,10-11,14,18,24,43,48-52H,1-2,9,12-13,32-37H2,(H,39,40)(H,41,46)(H,42,47). The minimum Gasteiger partial charge on any atom is -0.371 e. The second-order valence-corrected chi connectivity index (χ2v) is 14.8. The number of nitrogens with zero attached hydrogens (tertiary/aromatic N) is 4. The van der Waals surface area contributed by atoms with Crippen molar-refractivity contribution >= 4 is 76.6 Å². The van der Waals surface area contributed by atoms with Crippen LogP contribution in [0.15, 0.2) is 75.9 Å². The van der Waals surface area contributed by atoms with Crippen molar-refractivity contribution in [3.05, 3.63) is 87.7 Å². The largest absolute Gasteiger partial charge is 0.371 e. The van der Waals surface area contributed by atoms with Crippen molar-refractivity contribution in [2.24, 2.45) is 4.99 Å². The Balaban J connectivity index is 1.13. The van der Waals surface area contributed by atoms with E-state index >= 15 is 0 Å². The first-order valence-electron chi connectivity index (χ1n) is 17.5. The van der Waals surface area contributed by atoms with Gasteiger partial charge in [0.15, 0.2) is 13.5 Å². The maximum absolute atomic E-state index is 13.2. The molecule has 2 amide bonds. The molecule has 5 heterocycles. The highest BCUT2D eigenvalue weighted by Crippen LogP contribution is 2.45. The number of fused-ring (bicyclic) bond motifs is 1. The number of piperidine rings is 1. The van der Waals surface area contributed by atoms with Gasteiger partial charge in [0.05, 0.1) is 11.7 Å². The molecular weight excluding hydrogens is 677 g/mol. The van der Waals surface area contributed by atoms with Crippen molar-refractivity contribution < 1.29 is 39.9 Å². The lowest BCUT2D eigenvalue weighted by atomic mass is 9.59. The number of morpholine rings is 1. The number of carbonyl (C=O) groups is 2. The van der Waals surface area contributed by atoms with Crippen LogP contribution in [0.1, 0.15) is 34.5 Å². The Bertz CT molecular complexity index is 1890. The zero-order valence-corrected chi connectivity index (χ0v) is 30.6. The topological polar surface area (TPSA) is 224 Å². The van der Waals surface area contributed by atoms with E-state index in [4.69, 9.17) is 4.74 Å². The van der Waals surface area contributed by atoms with Gasteiger partial charge in [-0.25, -0.2) is 4.99 Å². The number of carbonyl (C=O) groups excluding carboxylic acids is 2. The number of nitrogens with one attached hydrogen (secondary N) is 4. The van der Waals surface area contributed by atoms with Gasteiger partial charge in [-0.05, 0) is 66.3 Å². The summed E-state index contributed by atoms with van der Waals surface area (Å²) in [5.74, 6) is -6.69. The van der Waals surface area contributed by atoms with E-state index in [2.05, 4.69) is 36.1 Å². The maximum Gasteiger partial charge on any atom is 0.318 e. The van der Waals surface area contributed by atoms with Crippen molar-refractivity contribution in [2.75, 3.05) is 18.4 Å². The number of aliphatic imine (C=N–C) groups is 1. The Morgan fingerprint density at radius 3 is 2.45 bits per heavy atom. The molecule has 6 rings (SSSR count). The highest BCUT2D eigenvalue weighted by atomic mass is 16.8. The smallest absolute Gasteiger partial charge is 0.318 e. The SMILES string of the molecule is BC(B)=C(B)C(=O)NC1CCCN(Cc2ccnc(C(=O)Nc3ccc(C4=CC5=C(N6C(B)(O)C(O)(O)OC(B)(B)C6(O)O)N=CNC5N4)cc3)c2)C1. The van der Waals surface area contributed by atoms with Gasteiger partial charge in [0, 0.05) is 42.3 Å². The fraction of sp³-hybridized carbons (Fsp3) is 0.355. The van der Waals surface area contributed by atoms with E-state index in [0.717, 1.165) is 43.6 Å². The summed E-state index contributed by atoms with van der Waals surface area (Å²) < 4.78 is 5.09. The Kier molecular flexibility index (Phi) is 10.3. The predicted octanol–water partition coefficient (Wildman–Crippen LogP) is -7.60. The first-order chi connectivity index (χ1) is 24.8. The molecule has 2 fully saturated rings. The minimum atomic E-state index is -3.20. The molecule has 0 aliphatic carbocycles. The number of hydrogen-bond donors (Lipinski definition) is 9. The molecule has 272 valence electrons. The molecule has 3 unspecified atom stereocenters. The summed E-state index contributed by atoms with van der Waals surface area (Å²) >= 11 is 0.